The molecule has 226 valence electrons. The van der Waals surface area contributed by atoms with Gasteiger partial charge in [0.25, 0.3) is 5.91 Å². The van der Waals surface area contributed by atoms with E-state index in [0.717, 1.165) is 37.0 Å². The van der Waals surface area contributed by atoms with Crippen LogP contribution in [0.25, 0.3) is 33.2 Å². The first-order valence-corrected chi connectivity index (χ1v) is 14.2. The van der Waals surface area contributed by atoms with E-state index in [2.05, 4.69) is 20.4 Å². The Labute approximate surface area is 251 Å². The van der Waals surface area contributed by atoms with Gasteiger partial charge in [0.15, 0.2) is 0 Å². The van der Waals surface area contributed by atoms with Gasteiger partial charge in [-0.1, -0.05) is 6.07 Å². The number of benzene rings is 3. The maximum Gasteiger partial charge on any atom is 0.416 e. The molecule has 9 nitrogen and oxygen atoms in total. The molecule has 0 atom stereocenters. The SMILES string of the molecule is Cc1ccc(C(=O)Nc2cc(C(F)(F)F)ccc2N2CCCCC2)cc1-c1cc2cnc(N)nc2c(-c2cnn(C)c2)c1O. The lowest BCUT2D eigenvalue weighted by atomic mass is 9.92. The Balaban J connectivity index is 1.43. The number of phenolic OH excluding ortho intramolecular Hbond substituents is 1. The summed E-state index contributed by atoms with van der Waals surface area (Å²) >= 11 is 0. The van der Waals surface area contributed by atoms with Gasteiger partial charge in [0.2, 0.25) is 5.95 Å². The van der Waals surface area contributed by atoms with Crippen molar-refractivity contribution in [2.24, 2.45) is 7.05 Å². The van der Waals surface area contributed by atoms with E-state index in [4.69, 9.17) is 5.73 Å². The topological polar surface area (TPSA) is 122 Å². The van der Waals surface area contributed by atoms with Crippen molar-refractivity contribution in [3.05, 3.63) is 77.7 Å². The number of halogens is 3. The van der Waals surface area contributed by atoms with Crippen LogP contribution in [-0.2, 0) is 13.2 Å². The first-order chi connectivity index (χ1) is 21.0. The average Bonchev–Trinajstić information content (AvgIpc) is 3.42. The van der Waals surface area contributed by atoms with Crippen LogP contribution in [0.5, 0.6) is 5.75 Å². The highest BCUT2D eigenvalue weighted by Crippen LogP contribution is 2.44. The van der Waals surface area contributed by atoms with E-state index in [1.807, 2.05) is 11.8 Å². The van der Waals surface area contributed by atoms with Crippen molar-refractivity contribution in [3.63, 3.8) is 0 Å². The van der Waals surface area contributed by atoms with Gasteiger partial charge in [0.05, 0.1) is 34.2 Å². The molecule has 1 fully saturated rings. The number of aromatic hydroxyl groups is 1. The molecule has 3 heterocycles. The molecule has 4 N–H and O–H groups in total. The van der Waals surface area contributed by atoms with Crippen LogP contribution < -0.4 is 16.0 Å². The highest BCUT2D eigenvalue weighted by atomic mass is 19.4. The Morgan fingerprint density at radius 3 is 2.50 bits per heavy atom. The minimum Gasteiger partial charge on any atom is -0.507 e. The van der Waals surface area contributed by atoms with Gasteiger partial charge in [-0.25, -0.2) is 9.97 Å². The lowest BCUT2D eigenvalue weighted by molar-refractivity contribution is -0.137. The standard InChI is InChI=1S/C32H30F3N7O2/c1-18-6-7-19(30(44)39-25-14-22(32(33,34)35)8-9-26(25)42-10-4-3-5-11-42)12-23(18)24-13-20-15-37-31(36)40-28(20)27(29(24)43)21-16-38-41(2)17-21/h6-9,12-17,43H,3-5,10-11H2,1-2H3,(H,39,44)(H2,36,37,40). The van der Waals surface area contributed by atoms with Crippen LogP contribution >= 0.6 is 0 Å². The second-order valence-corrected chi connectivity index (χ2v) is 11.0. The summed E-state index contributed by atoms with van der Waals surface area (Å²) in [7, 11) is 1.75. The van der Waals surface area contributed by atoms with Crippen LogP contribution in [0.2, 0.25) is 0 Å². The molecule has 0 unspecified atom stereocenters. The maximum atomic E-state index is 13.6. The van der Waals surface area contributed by atoms with E-state index >= 15 is 0 Å². The number of nitrogens with two attached hydrogens (primary N) is 1. The van der Waals surface area contributed by atoms with Crippen LogP contribution in [0.15, 0.2) is 61.1 Å². The van der Waals surface area contributed by atoms with Crippen LogP contribution in [-0.4, -0.2) is 43.9 Å². The molecule has 1 aliphatic rings. The third kappa shape index (κ3) is 5.50. The van der Waals surface area contributed by atoms with Gasteiger partial charge in [-0.2, -0.15) is 18.3 Å². The molecule has 44 heavy (non-hydrogen) atoms. The van der Waals surface area contributed by atoms with Crippen molar-refractivity contribution < 1.29 is 23.1 Å². The molecule has 3 aromatic carbocycles. The number of rotatable bonds is 5. The number of carbonyl (C=O) groups is 1. The fourth-order valence-corrected chi connectivity index (χ4v) is 5.68. The van der Waals surface area contributed by atoms with Crippen molar-refractivity contribution in [2.45, 2.75) is 32.4 Å². The number of fused-ring (bicyclic) bond motifs is 1. The quantitative estimate of drug-likeness (QED) is 0.209. The normalized spacial score (nSPS) is 13.8. The molecule has 0 bridgehead atoms. The predicted octanol–water partition coefficient (Wildman–Crippen LogP) is 6.55. The number of aromatic nitrogens is 4. The molecule has 2 aromatic heterocycles. The largest absolute Gasteiger partial charge is 0.507 e. The number of nitrogen functional groups attached to an aromatic ring is 1. The molecule has 5 aromatic rings. The summed E-state index contributed by atoms with van der Waals surface area (Å²) in [6.07, 6.45) is 3.22. The van der Waals surface area contributed by atoms with Gasteiger partial charge in [0.1, 0.15) is 5.75 Å². The molecular weight excluding hydrogens is 571 g/mol. The summed E-state index contributed by atoms with van der Waals surface area (Å²) in [6.45, 7) is 3.22. The summed E-state index contributed by atoms with van der Waals surface area (Å²) in [5.41, 5.74) is 9.07. The molecule has 0 radical (unpaired) electrons. The van der Waals surface area contributed by atoms with Gasteiger partial charge in [0, 0.05) is 54.6 Å². The number of carbonyl (C=O) groups excluding carboxylic acids is 1. The zero-order valence-corrected chi connectivity index (χ0v) is 24.1. The Morgan fingerprint density at radius 2 is 1.80 bits per heavy atom. The number of piperidine rings is 1. The van der Waals surface area contributed by atoms with Crippen LogP contribution in [0.4, 0.5) is 30.5 Å². The van der Waals surface area contributed by atoms with E-state index in [1.54, 1.807) is 54.6 Å². The number of aryl methyl sites for hydroxylation is 2. The summed E-state index contributed by atoms with van der Waals surface area (Å²) in [5.74, 6) is -0.620. The monoisotopic (exact) mass is 601 g/mol. The van der Waals surface area contributed by atoms with Gasteiger partial charge < -0.3 is 21.1 Å². The fraction of sp³-hybridized carbons (Fsp3) is 0.250. The number of nitrogens with zero attached hydrogens (tertiary/aromatic N) is 5. The molecule has 6 rings (SSSR count). The maximum absolute atomic E-state index is 13.6. The molecule has 1 amide bonds. The number of nitrogens with one attached hydrogen (secondary N) is 1. The van der Waals surface area contributed by atoms with Crippen molar-refractivity contribution in [2.75, 3.05) is 29.0 Å². The lowest BCUT2D eigenvalue weighted by Crippen LogP contribution is -2.30. The second kappa shape index (κ2) is 11.2. The van der Waals surface area contributed by atoms with Crippen molar-refractivity contribution in [1.29, 1.82) is 0 Å². The number of amides is 1. The summed E-state index contributed by atoms with van der Waals surface area (Å²) < 4.78 is 42.5. The lowest BCUT2D eigenvalue weighted by Gasteiger charge is -2.31. The summed E-state index contributed by atoms with van der Waals surface area (Å²) in [6, 6.07) is 10.1. The first-order valence-electron chi connectivity index (χ1n) is 14.2. The molecule has 0 spiro atoms. The minimum absolute atomic E-state index is 0.0446. The first kappa shape index (κ1) is 29.0. The second-order valence-electron chi connectivity index (χ2n) is 11.0. The van der Waals surface area contributed by atoms with E-state index in [1.165, 1.54) is 6.07 Å². The number of anilines is 3. The number of alkyl halides is 3. The number of phenols is 1. The van der Waals surface area contributed by atoms with Crippen molar-refractivity contribution in [1.82, 2.24) is 19.7 Å². The zero-order valence-electron chi connectivity index (χ0n) is 24.1. The highest BCUT2D eigenvalue weighted by molar-refractivity contribution is 6.08. The highest BCUT2D eigenvalue weighted by Gasteiger charge is 2.32. The van der Waals surface area contributed by atoms with Crippen molar-refractivity contribution >= 4 is 34.1 Å². The van der Waals surface area contributed by atoms with E-state index in [-0.39, 0.29) is 22.9 Å². The molecule has 0 saturated carbocycles. The third-order valence-corrected chi connectivity index (χ3v) is 7.92. The van der Waals surface area contributed by atoms with E-state index in [0.29, 0.717) is 51.9 Å². The predicted molar refractivity (Wildman–Crippen MR) is 163 cm³/mol. The number of hydrogen-bond acceptors (Lipinski definition) is 7. The van der Waals surface area contributed by atoms with Crippen LogP contribution in [0.3, 0.4) is 0 Å². The third-order valence-electron chi connectivity index (χ3n) is 7.92. The average molecular weight is 602 g/mol. The fourth-order valence-electron chi connectivity index (χ4n) is 5.68. The molecule has 0 aliphatic carbocycles. The summed E-state index contributed by atoms with van der Waals surface area (Å²) in [4.78, 5) is 24.1. The van der Waals surface area contributed by atoms with E-state index in [9.17, 15) is 23.1 Å². The van der Waals surface area contributed by atoms with Gasteiger partial charge in [-0.15, -0.1) is 0 Å². The van der Waals surface area contributed by atoms with Crippen LogP contribution in [0.1, 0.15) is 40.7 Å². The summed E-state index contributed by atoms with van der Waals surface area (Å²) in [5, 5.41) is 19.2. The Hall–Kier alpha value is -5.13. The van der Waals surface area contributed by atoms with Crippen molar-refractivity contribution in [3.8, 4) is 28.0 Å². The molecule has 12 heteroatoms. The molecule has 1 aliphatic heterocycles. The van der Waals surface area contributed by atoms with Gasteiger partial charge in [-0.3, -0.25) is 9.48 Å². The van der Waals surface area contributed by atoms with Crippen LogP contribution in [0, 0.1) is 6.92 Å². The Bertz CT molecular complexity index is 1900. The minimum atomic E-state index is -4.56. The Morgan fingerprint density at radius 1 is 1.02 bits per heavy atom. The molecule has 1 saturated heterocycles. The van der Waals surface area contributed by atoms with Gasteiger partial charge in [-0.05, 0) is 73.7 Å². The Kier molecular flexibility index (Phi) is 7.36. The zero-order chi connectivity index (χ0) is 31.2. The van der Waals surface area contributed by atoms with E-state index < -0.39 is 17.6 Å². The molecular formula is C32H30F3N7O2. The van der Waals surface area contributed by atoms with Gasteiger partial charge >= 0.3 is 6.18 Å². The smallest absolute Gasteiger partial charge is 0.416 e. The number of hydrogen-bond donors (Lipinski definition) is 3.